The molecule has 4 nitrogen and oxygen atoms in total. The fourth-order valence-corrected chi connectivity index (χ4v) is 7.53. The summed E-state index contributed by atoms with van der Waals surface area (Å²) in [6.45, 7) is 0. The maximum atomic E-state index is 6.43. The lowest BCUT2D eigenvalue weighted by Gasteiger charge is -2.17. The molecular formula is C45H29N3O. The Kier molecular flexibility index (Phi) is 6.28. The zero-order valence-corrected chi connectivity index (χ0v) is 26.6. The van der Waals surface area contributed by atoms with Crippen LogP contribution in [0.2, 0.25) is 0 Å². The molecule has 0 radical (unpaired) electrons. The Balaban J connectivity index is 1.36. The van der Waals surface area contributed by atoms with Crippen molar-refractivity contribution in [1.82, 2.24) is 15.0 Å². The molecule has 0 saturated carbocycles. The number of aryl methyl sites for hydroxylation is 1. The van der Waals surface area contributed by atoms with Gasteiger partial charge in [-0.1, -0.05) is 133 Å². The van der Waals surface area contributed by atoms with Gasteiger partial charge in [-0.3, -0.25) is 0 Å². The van der Waals surface area contributed by atoms with Gasteiger partial charge in [-0.05, 0) is 62.7 Å². The molecule has 0 saturated heterocycles. The number of fused-ring (bicyclic) bond motifs is 9. The third kappa shape index (κ3) is 4.49. The van der Waals surface area contributed by atoms with Crippen LogP contribution in [0.4, 0.5) is 0 Å². The number of nitrogens with zero attached hydrogens (tertiary/aromatic N) is 3. The predicted octanol–water partition coefficient (Wildman–Crippen LogP) is 11.7. The zero-order valence-electron chi connectivity index (χ0n) is 26.6. The molecule has 0 atom stereocenters. The van der Waals surface area contributed by atoms with E-state index >= 15 is 0 Å². The summed E-state index contributed by atoms with van der Waals surface area (Å²) < 4.78 is 6.43. The van der Waals surface area contributed by atoms with Gasteiger partial charge in [-0.2, -0.15) is 0 Å². The molecule has 1 aliphatic carbocycles. The van der Waals surface area contributed by atoms with Crippen LogP contribution in [0.25, 0.3) is 94.7 Å². The highest BCUT2D eigenvalue weighted by atomic mass is 16.3. The number of furan rings is 1. The Morgan fingerprint density at radius 2 is 1.04 bits per heavy atom. The number of hydrogen-bond acceptors (Lipinski definition) is 4. The highest BCUT2D eigenvalue weighted by Crippen LogP contribution is 2.45. The summed E-state index contributed by atoms with van der Waals surface area (Å²) in [5.74, 6) is 2.98. The van der Waals surface area contributed by atoms with Gasteiger partial charge in [0.1, 0.15) is 11.3 Å². The van der Waals surface area contributed by atoms with Gasteiger partial charge in [0.25, 0.3) is 0 Å². The molecule has 1 aliphatic rings. The largest absolute Gasteiger partial charge is 0.460 e. The fourth-order valence-electron chi connectivity index (χ4n) is 7.53. The smallest absolute Gasteiger partial charge is 0.164 e. The summed E-state index contributed by atoms with van der Waals surface area (Å²) in [6.07, 6.45) is 6.38. The van der Waals surface area contributed by atoms with Gasteiger partial charge in [-0.15, -0.1) is 0 Å². The van der Waals surface area contributed by atoms with E-state index in [0.717, 1.165) is 68.2 Å². The number of benzene rings is 7. The van der Waals surface area contributed by atoms with Gasteiger partial charge in [0.2, 0.25) is 0 Å². The van der Waals surface area contributed by atoms with Crippen molar-refractivity contribution < 1.29 is 4.42 Å². The maximum absolute atomic E-state index is 6.43. The van der Waals surface area contributed by atoms with E-state index in [1.165, 1.54) is 27.1 Å². The van der Waals surface area contributed by atoms with E-state index < -0.39 is 0 Å². The number of allylic oxidation sites excluding steroid dienone is 1. The molecule has 0 fully saturated rings. The average Bonchev–Trinajstić information content (AvgIpc) is 3.57. The van der Waals surface area contributed by atoms with Crippen molar-refractivity contribution in [3.05, 3.63) is 157 Å². The number of aromatic nitrogens is 3. The fraction of sp³-hybridized carbons (Fsp3) is 0.0444. The van der Waals surface area contributed by atoms with Crippen molar-refractivity contribution in [3.63, 3.8) is 0 Å². The monoisotopic (exact) mass is 627 g/mol. The van der Waals surface area contributed by atoms with Gasteiger partial charge in [-0.25, -0.2) is 15.0 Å². The minimum absolute atomic E-state index is 0.640. The van der Waals surface area contributed by atoms with Crippen molar-refractivity contribution in [2.45, 2.75) is 12.8 Å². The van der Waals surface area contributed by atoms with Crippen molar-refractivity contribution in [2.75, 3.05) is 0 Å². The summed E-state index contributed by atoms with van der Waals surface area (Å²) in [6, 6.07) is 48.8. The Morgan fingerprint density at radius 3 is 1.73 bits per heavy atom. The third-order valence-corrected chi connectivity index (χ3v) is 9.75. The van der Waals surface area contributed by atoms with E-state index in [0.29, 0.717) is 17.5 Å². The molecule has 49 heavy (non-hydrogen) atoms. The second-order valence-corrected chi connectivity index (χ2v) is 12.6. The van der Waals surface area contributed by atoms with Crippen LogP contribution >= 0.6 is 0 Å². The quantitative estimate of drug-likeness (QED) is 0.182. The minimum Gasteiger partial charge on any atom is -0.460 e. The molecule has 0 bridgehead atoms. The van der Waals surface area contributed by atoms with Crippen molar-refractivity contribution in [2.24, 2.45) is 0 Å². The molecule has 4 heteroatoms. The van der Waals surface area contributed by atoms with Crippen LogP contribution in [0.1, 0.15) is 17.7 Å². The molecule has 2 aromatic heterocycles. The molecule has 9 aromatic rings. The minimum atomic E-state index is 0.640. The Labute approximate surface area is 283 Å². The lowest BCUT2D eigenvalue weighted by atomic mass is 9.87. The van der Waals surface area contributed by atoms with E-state index in [-0.39, 0.29) is 0 Å². The molecule has 0 N–H and O–H groups in total. The standard InChI is InChI=1S/C45H29N3O/c1-3-14-28(15-4-1)43-46-44(29-16-5-2-6-17-29)48-45(47-43)38-27-30(31-23-13-25-40-42(31)36-22-11-12-24-39(36)49-40)26-37-34-20-8-7-18-32(34)33-19-9-10-21-35(33)41(37)38/h1-11,13-23,25-27H,12,24H2. The van der Waals surface area contributed by atoms with Crippen LogP contribution in [0.5, 0.6) is 0 Å². The highest BCUT2D eigenvalue weighted by Gasteiger charge is 2.22. The summed E-state index contributed by atoms with van der Waals surface area (Å²) in [7, 11) is 0. The third-order valence-electron chi connectivity index (χ3n) is 9.75. The van der Waals surface area contributed by atoms with Crippen molar-refractivity contribution in [1.29, 1.82) is 0 Å². The van der Waals surface area contributed by atoms with E-state index in [9.17, 15) is 0 Å². The Hall–Kier alpha value is -6.39. The molecule has 0 unspecified atom stereocenters. The molecule has 2 heterocycles. The first-order valence-electron chi connectivity index (χ1n) is 16.8. The molecule has 0 spiro atoms. The number of hydrogen-bond donors (Lipinski definition) is 0. The van der Waals surface area contributed by atoms with Crippen LogP contribution in [-0.4, -0.2) is 15.0 Å². The van der Waals surface area contributed by atoms with Crippen LogP contribution in [0, 0.1) is 0 Å². The van der Waals surface area contributed by atoms with E-state index in [1.807, 2.05) is 36.4 Å². The second kappa shape index (κ2) is 11.1. The first kappa shape index (κ1) is 27.7. The van der Waals surface area contributed by atoms with Crippen molar-refractivity contribution >= 4 is 49.4 Å². The van der Waals surface area contributed by atoms with Gasteiger partial charge in [0, 0.05) is 39.4 Å². The lowest BCUT2D eigenvalue weighted by Crippen LogP contribution is -2.01. The van der Waals surface area contributed by atoms with Gasteiger partial charge in [0.05, 0.1) is 0 Å². The second-order valence-electron chi connectivity index (χ2n) is 12.6. The lowest BCUT2D eigenvalue weighted by molar-refractivity contribution is 0.546. The van der Waals surface area contributed by atoms with Crippen molar-refractivity contribution in [3.8, 4) is 45.3 Å². The average molecular weight is 628 g/mol. The molecular weight excluding hydrogens is 599 g/mol. The molecule has 0 amide bonds. The van der Waals surface area contributed by atoms with Gasteiger partial charge < -0.3 is 4.42 Å². The molecule has 7 aromatic carbocycles. The van der Waals surface area contributed by atoms with E-state index in [1.54, 1.807) is 0 Å². The van der Waals surface area contributed by atoms with E-state index in [4.69, 9.17) is 19.4 Å². The summed E-state index contributed by atoms with van der Waals surface area (Å²) >= 11 is 0. The number of rotatable bonds is 4. The van der Waals surface area contributed by atoms with Crippen LogP contribution in [0.3, 0.4) is 0 Å². The normalized spacial score (nSPS) is 12.7. The summed E-state index contributed by atoms with van der Waals surface area (Å²) in [5, 5.41) is 8.23. The summed E-state index contributed by atoms with van der Waals surface area (Å²) in [5.41, 5.74) is 7.18. The van der Waals surface area contributed by atoms with Crippen LogP contribution < -0.4 is 0 Å². The Morgan fingerprint density at radius 1 is 0.449 bits per heavy atom. The summed E-state index contributed by atoms with van der Waals surface area (Å²) in [4.78, 5) is 15.5. The Bertz CT molecular complexity index is 2700. The van der Waals surface area contributed by atoms with Crippen LogP contribution in [0.15, 0.2) is 150 Å². The first-order chi connectivity index (χ1) is 24.3. The topological polar surface area (TPSA) is 51.8 Å². The van der Waals surface area contributed by atoms with E-state index in [2.05, 4.69) is 115 Å². The zero-order chi connectivity index (χ0) is 32.3. The van der Waals surface area contributed by atoms with Gasteiger partial charge in [0.15, 0.2) is 17.5 Å². The predicted molar refractivity (Wildman–Crippen MR) is 201 cm³/mol. The molecule has 230 valence electrons. The molecule has 0 aliphatic heterocycles. The maximum Gasteiger partial charge on any atom is 0.164 e. The van der Waals surface area contributed by atoms with Crippen LogP contribution in [-0.2, 0) is 6.42 Å². The SMILES string of the molecule is C1=Cc2c(oc3cccc(-c4cc(-c5nc(-c6ccccc6)nc(-c6ccccc6)n5)c5c6ccccc6c6ccccc6c5c4)c23)CC1. The highest BCUT2D eigenvalue weighted by molar-refractivity contribution is 6.29. The molecule has 10 rings (SSSR count). The first-order valence-corrected chi connectivity index (χ1v) is 16.8. The van der Waals surface area contributed by atoms with Gasteiger partial charge >= 0.3 is 0 Å².